The van der Waals surface area contributed by atoms with Crippen molar-refractivity contribution in [2.45, 2.75) is 19.3 Å². The van der Waals surface area contributed by atoms with Crippen LogP contribution in [0.2, 0.25) is 10.2 Å². The number of aromatic nitrogens is 1. The van der Waals surface area contributed by atoms with E-state index in [1.807, 2.05) is 18.2 Å². The van der Waals surface area contributed by atoms with Crippen LogP contribution in [0.5, 0.6) is 0 Å². The molecule has 0 unspecified atom stereocenters. The summed E-state index contributed by atoms with van der Waals surface area (Å²) in [6.07, 6.45) is 5.05. The molecule has 0 spiro atoms. The van der Waals surface area contributed by atoms with E-state index in [9.17, 15) is 4.79 Å². The van der Waals surface area contributed by atoms with E-state index in [1.165, 1.54) is 12.6 Å². The Hall–Kier alpha value is -1.69. The molecule has 1 saturated heterocycles. The summed E-state index contributed by atoms with van der Waals surface area (Å²) in [5.74, 6) is -0.124. The number of amides is 1. The lowest BCUT2D eigenvalue weighted by Gasteiger charge is -2.25. The first kappa shape index (κ1) is 17.1. The number of nitrogens with zero attached hydrogens (tertiary/aromatic N) is 3. The molecule has 1 aromatic heterocycles. The van der Waals surface area contributed by atoms with Crippen LogP contribution < -0.4 is 5.43 Å². The van der Waals surface area contributed by atoms with Crippen molar-refractivity contribution in [3.63, 3.8) is 0 Å². The zero-order chi connectivity index (χ0) is 16.9. The molecule has 1 aromatic carbocycles. The normalized spacial score (nSPS) is 15.9. The molecule has 1 fully saturated rings. The van der Waals surface area contributed by atoms with E-state index in [4.69, 9.17) is 23.2 Å². The van der Waals surface area contributed by atoms with Crippen molar-refractivity contribution >= 4 is 46.2 Å². The van der Waals surface area contributed by atoms with Crippen molar-refractivity contribution < 1.29 is 4.79 Å². The molecule has 0 atom stereocenters. The molecule has 0 radical (unpaired) electrons. The van der Waals surface area contributed by atoms with Gasteiger partial charge in [-0.25, -0.2) is 10.4 Å². The number of hydrazone groups is 1. The zero-order valence-corrected chi connectivity index (χ0v) is 14.6. The highest BCUT2D eigenvalue weighted by Gasteiger charge is 2.13. The lowest BCUT2D eigenvalue weighted by atomic mass is 10.1. The number of rotatable bonds is 4. The summed E-state index contributed by atoms with van der Waals surface area (Å²) in [4.78, 5) is 18.4. The van der Waals surface area contributed by atoms with E-state index in [0.29, 0.717) is 22.3 Å². The number of hydrogen-bond donors (Lipinski definition) is 1. The van der Waals surface area contributed by atoms with Gasteiger partial charge in [-0.15, -0.1) is 0 Å². The van der Waals surface area contributed by atoms with Gasteiger partial charge in [-0.2, -0.15) is 5.10 Å². The van der Waals surface area contributed by atoms with E-state index in [2.05, 4.69) is 20.4 Å². The van der Waals surface area contributed by atoms with Crippen LogP contribution in [0.4, 0.5) is 0 Å². The predicted octanol–water partition coefficient (Wildman–Crippen LogP) is 3.48. The summed E-state index contributed by atoms with van der Waals surface area (Å²) in [6.45, 7) is 2.31. The number of pyridine rings is 1. The summed E-state index contributed by atoms with van der Waals surface area (Å²) < 4.78 is 0. The predicted molar refractivity (Wildman–Crippen MR) is 97.8 cm³/mol. The molecular formula is C17H18Cl2N4O. The van der Waals surface area contributed by atoms with E-state index in [0.717, 1.165) is 36.8 Å². The summed E-state index contributed by atoms with van der Waals surface area (Å²) in [5.41, 5.74) is 3.93. The molecule has 1 aliphatic heterocycles. The molecule has 3 rings (SSSR count). The molecule has 0 aliphatic carbocycles. The Balaban J connectivity index is 1.64. The van der Waals surface area contributed by atoms with Crippen molar-refractivity contribution in [1.82, 2.24) is 15.3 Å². The lowest BCUT2D eigenvalue weighted by Crippen LogP contribution is -2.38. The van der Waals surface area contributed by atoms with Crippen LogP contribution in [0.15, 0.2) is 29.4 Å². The maximum absolute atomic E-state index is 11.9. The molecule has 0 saturated carbocycles. The van der Waals surface area contributed by atoms with Crippen LogP contribution in [-0.4, -0.2) is 41.6 Å². The molecule has 2 heterocycles. The first-order valence-electron chi connectivity index (χ1n) is 7.92. The second kappa shape index (κ2) is 7.92. The summed E-state index contributed by atoms with van der Waals surface area (Å²) in [5, 5.41) is 5.82. The quantitative estimate of drug-likeness (QED) is 0.513. The number of halogens is 2. The molecule has 126 valence electrons. The van der Waals surface area contributed by atoms with Crippen molar-refractivity contribution in [3.05, 3.63) is 40.0 Å². The fraction of sp³-hybridized carbons (Fsp3) is 0.353. The van der Waals surface area contributed by atoms with Crippen LogP contribution in [0, 0.1) is 0 Å². The fourth-order valence-electron chi connectivity index (χ4n) is 2.76. The third-order valence-electron chi connectivity index (χ3n) is 3.97. The SMILES string of the molecule is O=C(CN1CCCCC1)N/N=C\c1cc2cc(Cl)ccc2nc1Cl. The maximum atomic E-state index is 11.9. The standard InChI is InChI=1S/C17H18Cl2N4O/c18-14-4-5-15-12(9-14)8-13(17(19)21-15)10-20-22-16(24)11-23-6-2-1-3-7-23/h4-5,8-10H,1-3,6-7,11H2,(H,22,24)/b20-10-. The molecular weight excluding hydrogens is 347 g/mol. The van der Waals surface area contributed by atoms with Crippen LogP contribution in [-0.2, 0) is 4.79 Å². The Labute approximate surface area is 150 Å². The Bertz CT molecular complexity index is 773. The highest BCUT2D eigenvalue weighted by atomic mass is 35.5. The Kier molecular flexibility index (Phi) is 5.66. The van der Waals surface area contributed by atoms with Gasteiger partial charge in [-0.3, -0.25) is 9.69 Å². The minimum absolute atomic E-state index is 0.124. The number of hydrogen-bond acceptors (Lipinski definition) is 4. The average Bonchev–Trinajstić information content (AvgIpc) is 2.56. The summed E-state index contributed by atoms with van der Waals surface area (Å²) in [7, 11) is 0. The molecule has 7 heteroatoms. The Morgan fingerprint density at radius 2 is 2.04 bits per heavy atom. The van der Waals surface area contributed by atoms with E-state index in [1.54, 1.807) is 6.07 Å². The lowest BCUT2D eigenvalue weighted by molar-refractivity contribution is -0.122. The van der Waals surface area contributed by atoms with Crippen molar-refractivity contribution in [1.29, 1.82) is 0 Å². The number of likely N-dealkylation sites (tertiary alicyclic amines) is 1. The molecule has 0 bridgehead atoms. The largest absolute Gasteiger partial charge is 0.294 e. The molecule has 1 amide bonds. The van der Waals surface area contributed by atoms with Crippen LogP contribution >= 0.6 is 23.2 Å². The number of carbonyl (C=O) groups is 1. The number of piperidine rings is 1. The second-order valence-electron chi connectivity index (χ2n) is 5.84. The third kappa shape index (κ3) is 4.44. The van der Waals surface area contributed by atoms with Gasteiger partial charge in [0.15, 0.2) is 0 Å². The number of carbonyl (C=O) groups excluding carboxylic acids is 1. The highest BCUT2D eigenvalue weighted by Crippen LogP contribution is 2.22. The first-order valence-corrected chi connectivity index (χ1v) is 8.67. The minimum Gasteiger partial charge on any atom is -0.294 e. The third-order valence-corrected chi connectivity index (χ3v) is 4.50. The highest BCUT2D eigenvalue weighted by molar-refractivity contribution is 6.33. The molecule has 2 aromatic rings. The number of fused-ring (bicyclic) bond motifs is 1. The zero-order valence-electron chi connectivity index (χ0n) is 13.1. The fourth-order valence-corrected chi connectivity index (χ4v) is 3.14. The number of nitrogens with one attached hydrogen (secondary N) is 1. The van der Waals surface area contributed by atoms with Crippen LogP contribution in [0.1, 0.15) is 24.8 Å². The van der Waals surface area contributed by atoms with Crippen LogP contribution in [0.25, 0.3) is 10.9 Å². The maximum Gasteiger partial charge on any atom is 0.254 e. The van der Waals surface area contributed by atoms with Gasteiger partial charge in [0.2, 0.25) is 0 Å². The van der Waals surface area contributed by atoms with Crippen LogP contribution in [0.3, 0.4) is 0 Å². The first-order chi connectivity index (χ1) is 11.6. The van der Waals surface area contributed by atoms with E-state index >= 15 is 0 Å². The molecule has 1 aliphatic rings. The average molecular weight is 365 g/mol. The van der Waals surface area contributed by atoms with Gasteiger partial charge in [0.1, 0.15) is 5.15 Å². The van der Waals surface area contributed by atoms with Gasteiger partial charge in [-0.1, -0.05) is 29.6 Å². The second-order valence-corrected chi connectivity index (χ2v) is 6.63. The van der Waals surface area contributed by atoms with Gasteiger partial charge in [0.05, 0.1) is 18.3 Å². The Morgan fingerprint density at radius 1 is 1.25 bits per heavy atom. The smallest absolute Gasteiger partial charge is 0.254 e. The van der Waals surface area contributed by atoms with Crippen molar-refractivity contribution in [2.75, 3.05) is 19.6 Å². The Morgan fingerprint density at radius 3 is 2.83 bits per heavy atom. The molecule has 24 heavy (non-hydrogen) atoms. The molecule has 1 N–H and O–H groups in total. The van der Waals surface area contributed by atoms with E-state index in [-0.39, 0.29) is 5.91 Å². The van der Waals surface area contributed by atoms with Gasteiger partial charge >= 0.3 is 0 Å². The van der Waals surface area contributed by atoms with Gasteiger partial charge in [0.25, 0.3) is 5.91 Å². The van der Waals surface area contributed by atoms with Gasteiger partial charge in [-0.05, 0) is 50.2 Å². The topological polar surface area (TPSA) is 57.6 Å². The van der Waals surface area contributed by atoms with E-state index < -0.39 is 0 Å². The van der Waals surface area contributed by atoms with Crippen molar-refractivity contribution in [3.8, 4) is 0 Å². The van der Waals surface area contributed by atoms with Gasteiger partial charge in [0, 0.05) is 16.0 Å². The monoisotopic (exact) mass is 364 g/mol. The minimum atomic E-state index is -0.124. The molecule has 5 nitrogen and oxygen atoms in total. The summed E-state index contributed by atoms with van der Waals surface area (Å²) in [6, 6.07) is 7.23. The number of benzene rings is 1. The van der Waals surface area contributed by atoms with Crippen molar-refractivity contribution in [2.24, 2.45) is 5.10 Å². The summed E-state index contributed by atoms with van der Waals surface area (Å²) >= 11 is 12.2. The van der Waals surface area contributed by atoms with Gasteiger partial charge < -0.3 is 0 Å².